The van der Waals surface area contributed by atoms with Gasteiger partial charge in [-0.05, 0) is 29.8 Å². The molecule has 0 aliphatic rings. The van der Waals surface area contributed by atoms with Gasteiger partial charge >= 0.3 is 0 Å². The predicted molar refractivity (Wildman–Crippen MR) is 67.1 cm³/mol. The second kappa shape index (κ2) is 5.00. The Bertz CT molecular complexity index is 520. The lowest BCUT2D eigenvalue weighted by molar-refractivity contribution is 0.577. The number of nitrogens with two attached hydrogens (primary N) is 1. The smallest absolute Gasteiger partial charge is 0.151 e. The van der Waals surface area contributed by atoms with Crippen LogP contribution in [0.5, 0.6) is 0 Å². The van der Waals surface area contributed by atoms with Crippen molar-refractivity contribution in [2.45, 2.75) is 6.54 Å². The molecule has 1 aromatic carbocycles. The molecule has 0 saturated heterocycles. The zero-order valence-corrected chi connectivity index (χ0v) is 9.90. The molecule has 5 heteroatoms. The fraction of sp³-hybridized carbons (Fsp3) is 0.154. The van der Waals surface area contributed by atoms with Gasteiger partial charge in [-0.3, -0.25) is 4.98 Å². The van der Waals surface area contributed by atoms with Crippen LogP contribution >= 0.6 is 0 Å². The third kappa shape index (κ3) is 2.56. The van der Waals surface area contributed by atoms with Crippen molar-refractivity contribution in [2.75, 3.05) is 17.7 Å². The van der Waals surface area contributed by atoms with Gasteiger partial charge in [0, 0.05) is 31.7 Å². The van der Waals surface area contributed by atoms with Crippen LogP contribution in [-0.4, -0.2) is 12.0 Å². The Kier molecular flexibility index (Phi) is 3.41. The summed E-state index contributed by atoms with van der Waals surface area (Å²) in [5.41, 5.74) is 6.29. The second-order valence-corrected chi connectivity index (χ2v) is 4.04. The molecule has 18 heavy (non-hydrogen) atoms. The van der Waals surface area contributed by atoms with Crippen LogP contribution < -0.4 is 10.6 Å². The van der Waals surface area contributed by atoms with Crippen molar-refractivity contribution in [1.82, 2.24) is 4.98 Å². The normalized spacial score (nSPS) is 10.4. The average molecular weight is 249 g/mol. The fourth-order valence-corrected chi connectivity index (χ4v) is 1.79. The van der Waals surface area contributed by atoms with Crippen LogP contribution in [0.1, 0.15) is 5.56 Å². The van der Waals surface area contributed by atoms with Gasteiger partial charge in [0.2, 0.25) is 0 Å². The molecule has 1 aromatic heterocycles. The molecule has 1 heterocycles. The molecule has 0 unspecified atom stereocenters. The van der Waals surface area contributed by atoms with Crippen molar-refractivity contribution in [3.63, 3.8) is 0 Å². The largest absolute Gasteiger partial charge is 0.399 e. The highest BCUT2D eigenvalue weighted by Crippen LogP contribution is 2.26. The molecule has 3 nitrogen and oxygen atoms in total. The Hall–Kier alpha value is -2.17. The standard InChI is InChI=1S/C13H13F2N3/c1-18(8-9-2-4-17-5-3-9)13-11(14)6-10(16)7-12(13)15/h2-7H,8,16H2,1H3. The molecule has 2 aromatic rings. The van der Waals surface area contributed by atoms with E-state index < -0.39 is 11.6 Å². The third-order valence-corrected chi connectivity index (χ3v) is 2.59. The maximum absolute atomic E-state index is 13.7. The van der Waals surface area contributed by atoms with E-state index in [2.05, 4.69) is 4.98 Å². The summed E-state index contributed by atoms with van der Waals surface area (Å²) in [6.07, 6.45) is 3.28. The van der Waals surface area contributed by atoms with Gasteiger partial charge in [-0.15, -0.1) is 0 Å². The fourth-order valence-electron chi connectivity index (χ4n) is 1.79. The topological polar surface area (TPSA) is 42.2 Å². The molecule has 0 aliphatic carbocycles. The predicted octanol–water partition coefficient (Wildman–Crippen LogP) is 2.58. The number of nitrogen functional groups attached to an aromatic ring is 1. The van der Waals surface area contributed by atoms with Crippen molar-refractivity contribution < 1.29 is 8.78 Å². The van der Waals surface area contributed by atoms with E-state index in [1.807, 2.05) is 0 Å². The number of pyridine rings is 1. The van der Waals surface area contributed by atoms with Crippen LogP contribution in [0.4, 0.5) is 20.2 Å². The molecule has 0 atom stereocenters. The number of nitrogens with zero attached hydrogens (tertiary/aromatic N) is 2. The number of halogens is 2. The lowest BCUT2D eigenvalue weighted by Crippen LogP contribution is -2.19. The van der Waals surface area contributed by atoms with E-state index in [1.165, 1.54) is 4.90 Å². The minimum Gasteiger partial charge on any atom is -0.399 e. The number of anilines is 2. The van der Waals surface area contributed by atoms with E-state index in [0.29, 0.717) is 6.54 Å². The number of aromatic nitrogens is 1. The molecule has 0 fully saturated rings. The summed E-state index contributed by atoms with van der Waals surface area (Å²) in [5.74, 6) is -1.33. The first-order chi connectivity index (χ1) is 8.58. The molecular formula is C13H13F2N3. The summed E-state index contributed by atoms with van der Waals surface area (Å²) < 4.78 is 27.4. The summed E-state index contributed by atoms with van der Waals surface area (Å²) in [7, 11) is 1.62. The van der Waals surface area contributed by atoms with Crippen LogP contribution in [0.15, 0.2) is 36.7 Å². The second-order valence-electron chi connectivity index (χ2n) is 4.04. The average Bonchev–Trinajstić information content (AvgIpc) is 2.28. The zero-order valence-electron chi connectivity index (χ0n) is 9.90. The van der Waals surface area contributed by atoms with Gasteiger partial charge in [0.1, 0.15) is 5.69 Å². The number of rotatable bonds is 3. The monoisotopic (exact) mass is 249 g/mol. The number of hydrogen-bond donors (Lipinski definition) is 1. The zero-order chi connectivity index (χ0) is 13.1. The molecule has 0 saturated carbocycles. The molecule has 0 spiro atoms. The molecule has 0 aliphatic heterocycles. The lowest BCUT2D eigenvalue weighted by atomic mass is 10.2. The highest BCUT2D eigenvalue weighted by molar-refractivity contribution is 5.55. The van der Waals surface area contributed by atoms with Gasteiger partial charge in [-0.1, -0.05) is 0 Å². The number of benzene rings is 1. The number of hydrogen-bond acceptors (Lipinski definition) is 3. The maximum atomic E-state index is 13.7. The van der Waals surface area contributed by atoms with Gasteiger partial charge in [-0.25, -0.2) is 8.78 Å². The van der Waals surface area contributed by atoms with Crippen molar-refractivity contribution in [3.05, 3.63) is 53.9 Å². The van der Waals surface area contributed by atoms with Crippen LogP contribution in [0.3, 0.4) is 0 Å². The summed E-state index contributed by atoms with van der Waals surface area (Å²) in [6, 6.07) is 5.82. The third-order valence-electron chi connectivity index (χ3n) is 2.59. The Morgan fingerprint density at radius 3 is 2.28 bits per heavy atom. The Morgan fingerprint density at radius 1 is 1.17 bits per heavy atom. The van der Waals surface area contributed by atoms with Gasteiger partial charge in [0.15, 0.2) is 11.6 Å². The van der Waals surface area contributed by atoms with Gasteiger partial charge in [0.25, 0.3) is 0 Å². The van der Waals surface area contributed by atoms with Crippen molar-refractivity contribution in [2.24, 2.45) is 0 Å². The highest BCUT2D eigenvalue weighted by Gasteiger charge is 2.14. The first-order valence-corrected chi connectivity index (χ1v) is 5.42. The van der Waals surface area contributed by atoms with E-state index in [1.54, 1.807) is 31.6 Å². The minimum absolute atomic E-state index is 0.0751. The molecule has 94 valence electrons. The molecule has 0 amide bonds. The quantitative estimate of drug-likeness (QED) is 0.850. The Balaban J connectivity index is 2.27. The van der Waals surface area contributed by atoms with Crippen LogP contribution in [0.25, 0.3) is 0 Å². The summed E-state index contributed by atoms with van der Waals surface area (Å²) in [5, 5.41) is 0. The lowest BCUT2D eigenvalue weighted by Gasteiger charge is -2.20. The van der Waals surface area contributed by atoms with E-state index in [-0.39, 0.29) is 11.4 Å². The van der Waals surface area contributed by atoms with E-state index in [9.17, 15) is 8.78 Å². The maximum Gasteiger partial charge on any atom is 0.151 e. The summed E-state index contributed by atoms with van der Waals surface area (Å²) in [6.45, 7) is 0.389. The SMILES string of the molecule is CN(Cc1ccncc1)c1c(F)cc(N)cc1F. The van der Waals surface area contributed by atoms with Gasteiger partial charge in [0.05, 0.1) is 0 Å². The van der Waals surface area contributed by atoms with E-state index in [0.717, 1.165) is 17.7 Å². The Labute approximate surface area is 104 Å². The van der Waals surface area contributed by atoms with Crippen LogP contribution in [-0.2, 0) is 6.54 Å². The summed E-state index contributed by atoms with van der Waals surface area (Å²) in [4.78, 5) is 5.39. The van der Waals surface area contributed by atoms with Crippen molar-refractivity contribution in [1.29, 1.82) is 0 Å². The van der Waals surface area contributed by atoms with Gasteiger partial charge in [-0.2, -0.15) is 0 Å². The van der Waals surface area contributed by atoms with Crippen LogP contribution in [0.2, 0.25) is 0 Å². The first kappa shape index (κ1) is 12.3. The van der Waals surface area contributed by atoms with Crippen LogP contribution in [0, 0.1) is 11.6 Å². The summed E-state index contributed by atoms with van der Waals surface area (Å²) >= 11 is 0. The minimum atomic E-state index is -0.663. The molecule has 0 radical (unpaired) electrons. The molecular weight excluding hydrogens is 236 g/mol. The van der Waals surface area contributed by atoms with E-state index >= 15 is 0 Å². The Morgan fingerprint density at radius 2 is 1.72 bits per heavy atom. The first-order valence-electron chi connectivity index (χ1n) is 5.42. The highest BCUT2D eigenvalue weighted by atomic mass is 19.1. The van der Waals surface area contributed by atoms with Crippen molar-refractivity contribution >= 4 is 11.4 Å². The molecule has 0 bridgehead atoms. The molecule has 2 rings (SSSR count). The molecule has 2 N–H and O–H groups in total. The van der Waals surface area contributed by atoms with Gasteiger partial charge < -0.3 is 10.6 Å². The van der Waals surface area contributed by atoms with Crippen molar-refractivity contribution in [3.8, 4) is 0 Å². The van der Waals surface area contributed by atoms with E-state index in [4.69, 9.17) is 5.73 Å².